The fraction of sp³-hybridized carbons (Fsp3) is 0.409. The van der Waals surface area contributed by atoms with Gasteiger partial charge in [-0.1, -0.05) is 35.9 Å². The number of nitrogens with zero attached hydrogens (tertiary/aromatic N) is 1. The first kappa shape index (κ1) is 19.5. The SMILES string of the molecule is Cc1ccc(-c2ccc(C(=O)N3CCC(OCCCN)CC3)c(F)c2)cc1. The van der Waals surface area contributed by atoms with E-state index in [1.807, 2.05) is 37.3 Å². The minimum absolute atomic E-state index is 0.133. The van der Waals surface area contributed by atoms with Crippen molar-refractivity contribution < 1.29 is 13.9 Å². The summed E-state index contributed by atoms with van der Waals surface area (Å²) in [6, 6.07) is 12.8. The van der Waals surface area contributed by atoms with Crippen LogP contribution in [0.25, 0.3) is 11.1 Å². The topological polar surface area (TPSA) is 55.6 Å². The number of amides is 1. The van der Waals surface area contributed by atoms with Gasteiger partial charge in [0.1, 0.15) is 5.82 Å². The molecule has 0 radical (unpaired) electrons. The predicted octanol–water partition coefficient (Wildman–Crippen LogP) is 3.77. The number of piperidine rings is 1. The van der Waals surface area contributed by atoms with Gasteiger partial charge >= 0.3 is 0 Å². The molecule has 2 N–H and O–H groups in total. The number of ether oxygens (including phenoxy) is 1. The van der Waals surface area contributed by atoms with Gasteiger partial charge in [-0.05, 0) is 56.0 Å². The zero-order valence-corrected chi connectivity index (χ0v) is 15.8. The van der Waals surface area contributed by atoms with Gasteiger partial charge in [0.05, 0.1) is 11.7 Å². The number of hydrogen-bond acceptors (Lipinski definition) is 3. The third-order valence-electron chi connectivity index (χ3n) is 5.02. The molecule has 1 fully saturated rings. The molecule has 1 heterocycles. The van der Waals surface area contributed by atoms with Gasteiger partial charge < -0.3 is 15.4 Å². The summed E-state index contributed by atoms with van der Waals surface area (Å²) in [5, 5.41) is 0. The van der Waals surface area contributed by atoms with Gasteiger partial charge in [0.2, 0.25) is 0 Å². The summed E-state index contributed by atoms with van der Waals surface area (Å²) in [6.07, 6.45) is 2.56. The number of carbonyl (C=O) groups excluding carboxylic acids is 1. The fourth-order valence-electron chi connectivity index (χ4n) is 3.34. The monoisotopic (exact) mass is 370 g/mol. The molecule has 0 saturated carbocycles. The lowest BCUT2D eigenvalue weighted by Gasteiger charge is -2.32. The summed E-state index contributed by atoms with van der Waals surface area (Å²) in [4.78, 5) is 14.4. The van der Waals surface area contributed by atoms with Gasteiger partial charge in [-0.25, -0.2) is 4.39 Å². The van der Waals surface area contributed by atoms with Gasteiger partial charge in [-0.2, -0.15) is 0 Å². The highest BCUT2D eigenvalue weighted by Crippen LogP contribution is 2.24. The normalized spacial score (nSPS) is 15.1. The van der Waals surface area contributed by atoms with Crippen molar-refractivity contribution in [3.8, 4) is 11.1 Å². The Bertz CT molecular complexity index is 768. The Morgan fingerprint density at radius 2 is 1.81 bits per heavy atom. The molecular formula is C22H27FN2O2. The molecule has 144 valence electrons. The molecule has 0 aliphatic carbocycles. The zero-order valence-electron chi connectivity index (χ0n) is 15.8. The fourth-order valence-corrected chi connectivity index (χ4v) is 3.34. The number of halogens is 1. The lowest BCUT2D eigenvalue weighted by atomic mass is 10.0. The molecule has 2 aromatic carbocycles. The predicted molar refractivity (Wildman–Crippen MR) is 105 cm³/mol. The standard InChI is InChI=1S/C22H27FN2O2/c1-16-3-5-17(6-4-16)18-7-8-20(21(23)15-18)22(26)25-12-9-19(10-13-25)27-14-2-11-24/h3-8,15,19H,2,9-14,24H2,1H3. The quantitative estimate of drug-likeness (QED) is 0.788. The molecule has 0 bridgehead atoms. The van der Waals surface area contributed by atoms with Crippen molar-refractivity contribution in [1.29, 1.82) is 0 Å². The number of carbonyl (C=O) groups is 1. The first-order chi connectivity index (χ1) is 13.1. The largest absolute Gasteiger partial charge is 0.378 e. The van der Waals surface area contributed by atoms with Crippen molar-refractivity contribution in [3.63, 3.8) is 0 Å². The Morgan fingerprint density at radius 1 is 1.15 bits per heavy atom. The van der Waals surface area contributed by atoms with Crippen LogP contribution in [0.4, 0.5) is 4.39 Å². The van der Waals surface area contributed by atoms with Crippen LogP contribution in [0.15, 0.2) is 42.5 Å². The Hall–Kier alpha value is -2.24. The summed E-state index contributed by atoms with van der Waals surface area (Å²) >= 11 is 0. The maximum atomic E-state index is 14.6. The summed E-state index contributed by atoms with van der Waals surface area (Å²) in [7, 11) is 0. The van der Waals surface area contributed by atoms with E-state index in [4.69, 9.17) is 10.5 Å². The highest BCUT2D eigenvalue weighted by molar-refractivity contribution is 5.95. The van der Waals surface area contributed by atoms with Crippen molar-refractivity contribution in [3.05, 3.63) is 59.4 Å². The minimum atomic E-state index is -0.473. The van der Waals surface area contributed by atoms with Gasteiger partial charge in [0, 0.05) is 19.7 Å². The van der Waals surface area contributed by atoms with Gasteiger partial charge in [0.25, 0.3) is 5.91 Å². The number of benzene rings is 2. The Labute approximate surface area is 160 Å². The average Bonchev–Trinajstić information content (AvgIpc) is 2.69. The minimum Gasteiger partial charge on any atom is -0.378 e. The number of likely N-dealkylation sites (tertiary alicyclic amines) is 1. The Balaban J connectivity index is 1.63. The van der Waals surface area contributed by atoms with Gasteiger partial charge in [-0.15, -0.1) is 0 Å². The molecule has 0 aromatic heterocycles. The third kappa shape index (κ3) is 4.93. The number of hydrogen-bond donors (Lipinski definition) is 1. The lowest BCUT2D eigenvalue weighted by molar-refractivity contribution is 0.00834. The first-order valence-corrected chi connectivity index (χ1v) is 9.56. The second-order valence-electron chi connectivity index (χ2n) is 7.07. The van der Waals surface area contributed by atoms with E-state index in [9.17, 15) is 9.18 Å². The van der Waals surface area contributed by atoms with E-state index in [1.165, 1.54) is 6.07 Å². The van der Waals surface area contributed by atoms with Crippen LogP contribution in [0.5, 0.6) is 0 Å². The molecule has 1 amide bonds. The van der Waals surface area contributed by atoms with Crippen LogP contribution in [0, 0.1) is 12.7 Å². The maximum absolute atomic E-state index is 14.6. The molecule has 2 aromatic rings. The van der Waals surface area contributed by atoms with Crippen LogP contribution in [0.1, 0.15) is 35.2 Å². The molecule has 0 unspecified atom stereocenters. The van der Waals surface area contributed by atoms with E-state index < -0.39 is 5.82 Å². The first-order valence-electron chi connectivity index (χ1n) is 9.56. The molecular weight excluding hydrogens is 343 g/mol. The molecule has 0 atom stereocenters. The Kier molecular flexibility index (Phi) is 6.58. The van der Waals surface area contributed by atoms with Gasteiger partial charge in [-0.3, -0.25) is 4.79 Å². The molecule has 4 nitrogen and oxygen atoms in total. The van der Waals surface area contributed by atoms with Crippen molar-refractivity contribution >= 4 is 5.91 Å². The summed E-state index contributed by atoms with van der Waals surface area (Å²) in [5.74, 6) is -0.720. The van der Waals surface area contributed by atoms with Gasteiger partial charge in [0.15, 0.2) is 0 Å². The van der Waals surface area contributed by atoms with E-state index >= 15 is 0 Å². The molecule has 1 saturated heterocycles. The number of aryl methyl sites for hydroxylation is 1. The molecule has 1 aliphatic rings. The molecule has 5 heteroatoms. The van der Waals surface area contributed by atoms with E-state index in [0.29, 0.717) is 26.2 Å². The summed E-state index contributed by atoms with van der Waals surface area (Å²) in [5.41, 5.74) is 8.47. The average molecular weight is 370 g/mol. The number of nitrogens with two attached hydrogens (primary N) is 1. The van der Waals surface area contributed by atoms with E-state index in [0.717, 1.165) is 36.0 Å². The highest BCUT2D eigenvalue weighted by Gasteiger charge is 2.25. The molecule has 27 heavy (non-hydrogen) atoms. The van der Waals surface area contributed by atoms with Crippen molar-refractivity contribution in [2.24, 2.45) is 5.73 Å². The second-order valence-corrected chi connectivity index (χ2v) is 7.07. The smallest absolute Gasteiger partial charge is 0.256 e. The van der Waals surface area contributed by atoms with Crippen LogP contribution >= 0.6 is 0 Å². The van der Waals surface area contributed by atoms with Crippen LogP contribution in [-0.4, -0.2) is 43.2 Å². The van der Waals surface area contributed by atoms with Crippen LogP contribution in [0.2, 0.25) is 0 Å². The maximum Gasteiger partial charge on any atom is 0.256 e. The molecule has 0 spiro atoms. The van der Waals surface area contributed by atoms with E-state index in [2.05, 4.69) is 0 Å². The number of rotatable bonds is 6. The zero-order chi connectivity index (χ0) is 19.2. The van der Waals surface area contributed by atoms with Crippen LogP contribution in [-0.2, 0) is 4.74 Å². The lowest BCUT2D eigenvalue weighted by Crippen LogP contribution is -2.41. The molecule has 3 rings (SSSR count). The van der Waals surface area contributed by atoms with E-state index in [1.54, 1.807) is 11.0 Å². The summed E-state index contributed by atoms with van der Waals surface area (Å²) in [6.45, 7) is 4.47. The van der Waals surface area contributed by atoms with E-state index in [-0.39, 0.29) is 17.6 Å². The van der Waals surface area contributed by atoms with Crippen LogP contribution < -0.4 is 5.73 Å². The van der Waals surface area contributed by atoms with Crippen LogP contribution in [0.3, 0.4) is 0 Å². The van der Waals surface area contributed by atoms with Crippen molar-refractivity contribution in [2.45, 2.75) is 32.3 Å². The molecule has 1 aliphatic heterocycles. The Morgan fingerprint density at radius 3 is 2.44 bits per heavy atom. The van der Waals surface area contributed by atoms with Crippen molar-refractivity contribution in [2.75, 3.05) is 26.2 Å². The third-order valence-corrected chi connectivity index (χ3v) is 5.02. The summed E-state index contributed by atoms with van der Waals surface area (Å²) < 4.78 is 20.4. The second kappa shape index (κ2) is 9.11. The van der Waals surface area contributed by atoms with Crippen molar-refractivity contribution in [1.82, 2.24) is 4.90 Å². The highest BCUT2D eigenvalue weighted by atomic mass is 19.1.